The van der Waals surface area contributed by atoms with Gasteiger partial charge in [-0.3, -0.25) is 0 Å². The molecule has 1 heterocycles. The molecule has 296 valence electrons. The van der Waals surface area contributed by atoms with Crippen molar-refractivity contribution in [3.05, 3.63) is 277 Å². The molecule has 0 spiro atoms. The average molecular weight is 808 g/mol. The van der Waals surface area contributed by atoms with Crippen LogP contribution < -0.4 is 4.90 Å². The van der Waals surface area contributed by atoms with Crippen LogP contribution in [0.4, 0.5) is 17.1 Å². The molecule has 0 radical (unpaired) electrons. The van der Waals surface area contributed by atoms with Crippen molar-refractivity contribution in [3.8, 4) is 39.1 Å². The number of benzene rings is 10. The van der Waals surface area contributed by atoms with E-state index in [0.29, 0.717) is 5.56 Å². The van der Waals surface area contributed by atoms with Crippen LogP contribution in [0.1, 0.15) is 29.1 Å². The molecule has 12 rings (SSSR count). The highest BCUT2D eigenvalue weighted by Gasteiger charge is 2.46. The van der Waals surface area contributed by atoms with Crippen LogP contribution in [-0.4, -0.2) is 4.57 Å². The van der Waals surface area contributed by atoms with Crippen LogP contribution in [0.3, 0.4) is 0 Å². The molecule has 0 unspecified atom stereocenters. The Morgan fingerprint density at radius 1 is 0.365 bits per heavy atom. The lowest BCUT2D eigenvalue weighted by atomic mass is 9.67. The molecule has 0 bridgehead atoms. The lowest BCUT2D eigenvalue weighted by molar-refractivity contribution is 0.770. The van der Waals surface area contributed by atoms with E-state index in [1.54, 1.807) is 0 Å². The van der Waals surface area contributed by atoms with Crippen LogP contribution in [0.2, 0.25) is 0 Å². The van der Waals surface area contributed by atoms with Crippen molar-refractivity contribution in [2.45, 2.75) is 5.41 Å². The van der Waals surface area contributed by atoms with Crippen molar-refractivity contribution in [1.82, 2.24) is 4.57 Å². The molecule has 0 N–H and O–H groups in total. The zero-order valence-electron chi connectivity index (χ0n) is 39.3. The number of fused-ring (bicyclic) bond motifs is 6. The van der Waals surface area contributed by atoms with Gasteiger partial charge in [-0.15, -0.1) is 0 Å². The maximum atomic E-state index is 8.61. The molecule has 0 amide bonds. The van der Waals surface area contributed by atoms with Gasteiger partial charge in [-0.1, -0.05) is 188 Å². The minimum atomic E-state index is -0.511. The summed E-state index contributed by atoms with van der Waals surface area (Å²) in [6.45, 7) is 0. The van der Waals surface area contributed by atoms with Crippen molar-refractivity contribution in [2.24, 2.45) is 0 Å². The fourth-order valence-electron chi connectivity index (χ4n) is 10.00. The minimum Gasteiger partial charge on any atom is -0.311 e. The number of hydrogen-bond acceptors (Lipinski definition) is 1. The second-order valence-corrected chi connectivity index (χ2v) is 16.1. The molecule has 2 heteroatoms. The van der Waals surface area contributed by atoms with Crippen LogP contribution in [0.5, 0.6) is 0 Å². The first-order valence-corrected chi connectivity index (χ1v) is 21.3. The van der Waals surface area contributed by atoms with Crippen LogP contribution in [0, 0.1) is 0 Å². The van der Waals surface area contributed by atoms with E-state index in [-0.39, 0.29) is 29.7 Å². The van der Waals surface area contributed by atoms with Crippen molar-refractivity contribution in [2.75, 3.05) is 4.90 Å². The second-order valence-electron chi connectivity index (χ2n) is 16.1. The fraction of sp³-hybridized carbons (Fsp3) is 0.0164. The van der Waals surface area contributed by atoms with E-state index in [9.17, 15) is 0 Å². The zero-order valence-corrected chi connectivity index (χ0v) is 34.3. The van der Waals surface area contributed by atoms with Crippen LogP contribution in [0.25, 0.3) is 60.9 Å². The summed E-state index contributed by atoms with van der Waals surface area (Å²) in [6, 6.07) is 77.8. The summed E-state index contributed by atoms with van der Waals surface area (Å²) in [6.07, 6.45) is 0. The highest BCUT2D eigenvalue weighted by atomic mass is 15.1. The second kappa shape index (κ2) is 15.1. The lowest BCUT2D eigenvalue weighted by Crippen LogP contribution is -2.28. The standard InChI is InChI=1S/C61H42N2/c1-4-16-43(17-5-1)45-28-33-49(34-29-45)62(50-35-30-46(31-36-50)44-18-6-2-7-19-44)51-37-39-52(40-38-51)63-59-27-15-12-24-55(59)56-42-48(32-41-60(56)63)61(47-20-8-3-9-21-47)57-25-13-10-22-53(57)54-23-11-14-26-58(54)61/h1-42H/i1D,4D,5D,16D,17D. The van der Waals surface area contributed by atoms with Crippen LogP contribution in [0.15, 0.2) is 255 Å². The van der Waals surface area contributed by atoms with E-state index in [1.165, 1.54) is 44.2 Å². The molecule has 0 atom stereocenters. The van der Waals surface area contributed by atoms with Gasteiger partial charge in [-0.05, 0) is 122 Å². The van der Waals surface area contributed by atoms with Crippen LogP contribution in [-0.2, 0) is 5.41 Å². The number of nitrogens with zero attached hydrogens (tertiary/aromatic N) is 2. The summed E-state index contributed by atoms with van der Waals surface area (Å²) in [4.78, 5) is 2.18. The Morgan fingerprint density at radius 3 is 1.49 bits per heavy atom. The van der Waals surface area contributed by atoms with Gasteiger partial charge >= 0.3 is 0 Å². The Bertz CT molecular complexity index is 3640. The number of anilines is 3. The van der Waals surface area contributed by atoms with E-state index in [1.807, 2.05) is 42.5 Å². The normalized spacial score (nSPS) is 13.7. The average Bonchev–Trinajstić information content (AvgIpc) is 3.89. The van der Waals surface area contributed by atoms with Gasteiger partial charge in [-0.2, -0.15) is 0 Å². The molecule has 0 aliphatic heterocycles. The molecule has 0 saturated carbocycles. The third-order valence-electron chi connectivity index (χ3n) is 12.8. The maximum absolute atomic E-state index is 8.61. The molecular weight excluding hydrogens is 761 g/mol. The molecular formula is C61H42N2. The van der Waals surface area contributed by atoms with E-state index < -0.39 is 11.5 Å². The summed E-state index contributed by atoms with van der Waals surface area (Å²) in [5.41, 5.74) is 16.0. The Morgan fingerprint density at radius 2 is 0.857 bits per heavy atom. The molecule has 11 aromatic rings. The Balaban J connectivity index is 0.984. The predicted octanol–water partition coefficient (Wildman–Crippen LogP) is 16.0. The van der Waals surface area contributed by atoms with Crippen molar-refractivity contribution in [3.63, 3.8) is 0 Å². The molecule has 1 aliphatic rings. The number of hydrogen-bond donors (Lipinski definition) is 0. The number of rotatable bonds is 8. The SMILES string of the molecule is [2H]c1c([2H])c([2H])c(-c2ccc(N(c3ccc(-c4ccccc4)cc3)c3ccc(-n4c5ccccc5c5cc(C6(c7ccccc7)c7ccccc7-c7ccccc76)ccc54)cc3)cc2)c([2H])c1[2H]. The largest absolute Gasteiger partial charge is 0.311 e. The number of aromatic nitrogens is 1. The first-order chi connectivity index (χ1) is 33.3. The highest BCUT2D eigenvalue weighted by Crippen LogP contribution is 2.56. The smallest absolute Gasteiger partial charge is 0.0713 e. The fourth-order valence-corrected chi connectivity index (χ4v) is 10.00. The summed E-state index contributed by atoms with van der Waals surface area (Å²) >= 11 is 0. The van der Waals surface area contributed by atoms with Crippen molar-refractivity contribution in [1.29, 1.82) is 0 Å². The van der Waals surface area contributed by atoms with E-state index in [2.05, 4.69) is 191 Å². The van der Waals surface area contributed by atoms with Gasteiger partial charge in [0.15, 0.2) is 0 Å². The van der Waals surface area contributed by atoms with Crippen molar-refractivity contribution >= 4 is 38.9 Å². The molecule has 2 nitrogen and oxygen atoms in total. The van der Waals surface area contributed by atoms with E-state index in [4.69, 9.17) is 6.85 Å². The van der Waals surface area contributed by atoms with Gasteiger partial charge < -0.3 is 9.47 Å². The van der Waals surface area contributed by atoms with Crippen LogP contribution >= 0.6 is 0 Å². The molecule has 1 aliphatic carbocycles. The first-order valence-electron chi connectivity index (χ1n) is 23.8. The Kier molecular flexibility index (Phi) is 7.56. The monoisotopic (exact) mass is 807 g/mol. The number of para-hydroxylation sites is 1. The third-order valence-corrected chi connectivity index (χ3v) is 12.8. The summed E-state index contributed by atoms with van der Waals surface area (Å²) in [5, 5.41) is 2.36. The molecule has 0 saturated heterocycles. The quantitative estimate of drug-likeness (QED) is 0.148. The summed E-state index contributed by atoms with van der Waals surface area (Å²) < 4.78 is 44.2. The summed E-state index contributed by atoms with van der Waals surface area (Å²) in [5.74, 6) is 0. The van der Waals surface area contributed by atoms with Crippen molar-refractivity contribution < 1.29 is 6.85 Å². The summed E-state index contributed by atoms with van der Waals surface area (Å²) in [7, 11) is 0. The molecule has 10 aromatic carbocycles. The van der Waals surface area contributed by atoms with E-state index in [0.717, 1.165) is 44.9 Å². The molecule has 1 aromatic heterocycles. The lowest BCUT2D eigenvalue weighted by Gasteiger charge is -2.34. The molecule has 0 fully saturated rings. The van der Waals surface area contributed by atoms with Gasteiger partial charge in [-0.25, -0.2) is 0 Å². The maximum Gasteiger partial charge on any atom is 0.0713 e. The minimum absolute atomic E-state index is 0.178. The highest BCUT2D eigenvalue weighted by molar-refractivity contribution is 6.10. The topological polar surface area (TPSA) is 8.17 Å². The van der Waals surface area contributed by atoms with Gasteiger partial charge in [0.05, 0.1) is 23.3 Å². The Labute approximate surface area is 375 Å². The molecule has 63 heavy (non-hydrogen) atoms. The van der Waals surface area contributed by atoms with Gasteiger partial charge in [0.1, 0.15) is 0 Å². The van der Waals surface area contributed by atoms with Gasteiger partial charge in [0.25, 0.3) is 0 Å². The zero-order chi connectivity index (χ0) is 46.1. The third kappa shape index (κ3) is 5.95. The predicted molar refractivity (Wildman–Crippen MR) is 264 cm³/mol. The van der Waals surface area contributed by atoms with Gasteiger partial charge in [0.2, 0.25) is 0 Å². The van der Waals surface area contributed by atoms with E-state index >= 15 is 0 Å². The Hall–Kier alpha value is -8.20. The van der Waals surface area contributed by atoms with Gasteiger partial charge in [0, 0.05) is 33.5 Å². The first kappa shape index (κ1) is 31.6.